The van der Waals surface area contributed by atoms with Crippen molar-refractivity contribution < 1.29 is 14.3 Å². The van der Waals surface area contributed by atoms with Crippen molar-refractivity contribution in [2.24, 2.45) is 0 Å². The molecule has 5 nitrogen and oxygen atoms in total. The van der Waals surface area contributed by atoms with Crippen LogP contribution in [0.4, 0.5) is 11.4 Å². The van der Waals surface area contributed by atoms with E-state index in [4.69, 9.17) is 9.47 Å². The molecule has 3 rings (SSSR count). The number of carbonyl (C=O) groups is 1. The molecule has 1 aliphatic heterocycles. The summed E-state index contributed by atoms with van der Waals surface area (Å²) in [5.41, 5.74) is 3.45. The highest BCUT2D eigenvalue weighted by atomic mass is 35.5. The van der Waals surface area contributed by atoms with E-state index in [9.17, 15) is 4.79 Å². The Kier molecular flexibility index (Phi) is 5.93. The first-order valence-corrected chi connectivity index (χ1v) is 7.62. The molecule has 128 valence electrons. The van der Waals surface area contributed by atoms with E-state index >= 15 is 0 Å². The van der Waals surface area contributed by atoms with Gasteiger partial charge in [-0.05, 0) is 42.7 Å². The molecule has 0 bridgehead atoms. The Balaban J connectivity index is 0.00000208. The number of amides is 1. The number of hydrogen-bond acceptors (Lipinski definition) is 4. The summed E-state index contributed by atoms with van der Waals surface area (Å²) >= 11 is 0. The number of nitrogens with one attached hydrogen (secondary N) is 2. The van der Waals surface area contributed by atoms with E-state index in [1.807, 2.05) is 18.2 Å². The molecule has 0 aromatic heterocycles. The van der Waals surface area contributed by atoms with Crippen molar-refractivity contribution in [1.82, 2.24) is 0 Å². The van der Waals surface area contributed by atoms with E-state index in [0.717, 1.165) is 30.6 Å². The lowest BCUT2D eigenvalue weighted by Crippen LogP contribution is -2.19. The Morgan fingerprint density at radius 2 is 2.00 bits per heavy atom. The van der Waals surface area contributed by atoms with Gasteiger partial charge in [0.25, 0.3) is 5.91 Å². The Morgan fingerprint density at radius 3 is 2.75 bits per heavy atom. The van der Waals surface area contributed by atoms with Crippen LogP contribution in [0.3, 0.4) is 0 Å². The fourth-order valence-electron chi connectivity index (χ4n) is 2.81. The average molecular weight is 349 g/mol. The molecule has 2 aromatic rings. The zero-order valence-electron chi connectivity index (χ0n) is 13.7. The quantitative estimate of drug-likeness (QED) is 0.883. The summed E-state index contributed by atoms with van der Waals surface area (Å²) in [6.45, 7) is 0.949. The number of halogens is 1. The van der Waals surface area contributed by atoms with Crippen molar-refractivity contribution in [2.45, 2.75) is 12.8 Å². The van der Waals surface area contributed by atoms with Crippen LogP contribution in [0.5, 0.6) is 11.5 Å². The summed E-state index contributed by atoms with van der Waals surface area (Å²) in [6, 6.07) is 11.1. The van der Waals surface area contributed by atoms with Gasteiger partial charge >= 0.3 is 0 Å². The highest BCUT2D eigenvalue weighted by Crippen LogP contribution is 2.31. The Hall–Kier alpha value is -2.40. The Morgan fingerprint density at radius 1 is 1.17 bits per heavy atom. The molecule has 0 radical (unpaired) electrons. The van der Waals surface area contributed by atoms with Crippen molar-refractivity contribution in [3.8, 4) is 11.5 Å². The van der Waals surface area contributed by atoms with Gasteiger partial charge in [-0.3, -0.25) is 4.79 Å². The molecule has 2 N–H and O–H groups in total. The number of rotatable bonds is 4. The minimum atomic E-state index is -0.131. The SMILES string of the molecule is COc1ccc(NC(=O)c2cccc3c2CCCN3)c(OC)c1.Cl. The van der Waals surface area contributed by atoms with Crippen molar-refractivity contribution in [3.63, 3.8) is 0 Å². The van der Waals surface area contributed by atoms with Gasteiger partial charge in [0.05, 0.1) is 19.9 Å². The van der Waals surface area contributed by atoms with Gasteiger partial charge < -0.3 is 20.1 Å². The van der Waals surface area contributed by atoms with Crippen LogP contribution in [0, 0.1) is 0 Å². The summed E-state index contributed by atoms with van der Waals surface area (Å²) < 4.78 is 10.5. The van der Waals surface area contributed by atoms with Crippen LogP contribution in [0.15, 0.2) is 36.4 Å². The van der Waals surface area contributed by atoms with Gasteiger partial charge in [0.15, 0.2) is 0 Å². The van der Waals surface area contributed by atoms with Crippen molar-refractivity contribution >= 4 is 29.7 Å². The zero-order valence-corrected chi connectivity index (χ0v) is 14.5. The van der Waals surface area contributed by atoms with E-state index in [1.54, 1.807) is 32.4 Å². The lowest BCUT2D eigenvalue weighted by Gasteiger charge is -2.21. The Bertz CT molecular complexity index is 734. The molecule has 2 aromatic carbocycles. The second-order valence-corrected chi connectivity index (χ2v) is 5.38. The molecule has 0 saturated carbocycles. The van der Waals surface area contributed by atoms with Crippen molar-refractivity contribution in [1.29, 1.82) is 0 Å². The van der Waals surface area contributed by atoms with Crippen LogP contribution in [0.2, 0.25) is 0 Å². The Labute approximate surface area is 147 Å². The first kappa shape index (κ1) is 17.9. The second kappa shape index (κ2) is 7.93. The molecule has 0 saturated heterocycles. The van der Waals surface area contributed by atoms with Crippen LogP contribution in [0.25, 0.3) is 0 Å². The van der Waals surface area contributed by atoms with Crippen LogP contribution in [-0.2, 0) is 6.42 Å². The third-order valence-corrected chi connectivity index (χ3v) is 4.00. The monoisotopic (exact) mass is 348 g/mol. The normalized spacial score (nSPS) is 12.2. The number of benzene rings is 2. The zero-order chi connectivity index (χ0) is 16.2. The standard InChI is InChI=1S/C18H20N2O3.ClH/c1-22-12-8-9-16(17(11-12)23-2)20-18(21)14-5-3-7-15-13(14)6-4-10-19-15;/h3,5,7-9,11,19H,4,6,10H2,1-2H3,(H,20,21);1H. The molecule has 0 spiro atoms. The molecule has 0 atom stereocenters. The smallest absolute Gasteiger partial charge is 0.256 e. The predicted molar refractivity (Wildman–Crippen MR) is 98.0 cm³/mol. The molecule has 0 fully saturated rings. The minimum absolute atomic E-state index is 0. The first-order chi connectivity index (χ1) is 11.2. The summed E-state index contributed by atoms with van der Waals surface area (Å²) in [4.78, 5) is 12.7. The topological polar surface area (TPSA) is 59.6 Å². The highest BCUT2D eigenvalue weighted by molar-refractivity contribution is 6.07. The maximum absolute atomic E-state index is 12.7. The van der Waals surface area contributed by atoms with Crippen LogP contribution < -0.4 is 20.1 Å². The predicted octanol–water partition coefficient (Wildman–Crippen LogP) is 3.74. The van der Waals surface area contributed by atoms with Crippen molar-refractivity contribution in [3.05, 3.63) is 47.5 Å². The van der Waals surface area contributed by atoms with E-state index in [0.29, 0.717) is 22.7 Å². The minimum Gasteiger partial charge on any atom is -0.497 e. The summed E-state index contributed by atoms with van der Waals surface area (Å²) in [5, 5.41) is 6.27. The van der Waals surface area contributed by atoms with Crippen LogP contribution in [0.1, 0.15) is 22.3 Å². The second-order valence-electron chi connectivity index (χ2n) is 5.38. The lowest BCUT2D eigenvalue weighted by atomic mass is 9.97. The molecule has 1 heterocycles. The lowest BCUT2D eigenvalue weighted by molar-refractivity contribution is 0.102. The molecule has 1 aliphatic rings. The third kappa shape index (κ3) is 3.57. The number of carbonyl (C=O) groups excluding carboxylic acids is 1. The fourth-order valence-corrected chi connectivity index (χ4v) is 2.81. The number of ether oxygens (including phenoxy) is 2. The molecule has 24 heavy (non-hydrogen) atoms. The molecule has 0 unspecified atom stereocenters. The van der Waals surface area contributed by atoms with E-state index in [1.165, 1.54) is 0 Å². The van der Waals surface area contributed by atoms with Gasteiger partial charge in [0.1, 0.15) is 11.5 Å². The summed E-state index contributed by atoms with van der Waals surface area (Å²) in [7, 11) is 3.16. The third-order valence-electron chi connectivity index (χ3n) is 4.00. The van der Waals surface area contributed by atoms with E-state index in [-0.39, 0.29) is 18.3 Å². The van der Waals surface area contributed by atoms with Gasteiger partial charge in [-0.1, -0.05) is 6.07 Å². The number of hydrogen-bond donors (Lipinski definition) is 2. The molecular formula is C18H21ClN2O3. The molecule has 6 heteroatoms. The molecule has 0 aliphatic carbocycles. The van der Waals surface area contributed by atoms with E-state index in [2.05, 4.69) is 10.6 Å². The van der Waals surface area contributed by atoms with Gasteiger partial charge in [-0.2, -0.15) is 0 Å². The largest absolute Gasteiger partial charge is 0.497 e. The maximum Gasteiger partial charge on any atom is 0.256 e. The summed E-state index contributed by atoms with van der Waals surface area (Å²) in [6.07, 6.45) is 1.94. The highest BCUT2D eigenvalue weighted by Gasteiger charge is 2.18. The average Bonchev–Trinajstić information content (AvgIpc) is 2.61. The van der Waals surface area contributed by atoms with Crippen molar-refractivity contribution in [2.75, 3.05) is 31.4 Å². The maximum atomic E-state index is 12.7. The number of methoxy groups -OCH3 is 2. The van der Waals surface area contributed by atoms with Gasteiger partial charge in [0, 0.05) is 23.9 Å². The number of fused-ring (bicyclic) bond motifs is 1. The number of anilines is 2. The van der Waals surface area contributed by atoms with E-state index < -0.39 is 0 Å². The molecular weight excluding hydrogens is 328 g/mol. The van der Waals surface area contributed by atoms with Gasteiger partial charge in [-0.15, -0.1) is 12.4 Å². The van der Waals surface area contributed by atoms with Crippen LogP contribution >= 0.6 is 12.4 Å². The van der Waals surface area contributed by atoms with Crippen LogP contribution in [-0.4, -0.2) is 26.7 Å². The fraction of sp³-hybridized carbons (Fsp3) is 0.278. The van der Waals surface area contributed by atoms with Gasteiger partial charge in [0.2, 0.25) is 0 Å². The van der Waals surface area contributed by atoms with Gasteiger partial charge in [-0.25, -0.2) is 0 Å². The summed E-state index contributed by atoms with van der Waals surface area (Å²) in [5.74, 6) is 1.12. The first-order valence-electron chi connectivity index (χ1n) is 7.62. The molecule has 1 amide bonds.